The molecule has 0 saturated carbocycles. The van der Waals surface area contributed by atoms with Crippen molar-refractivity contribution in [3.8, 4) is 0 Å². The molecule has 5 nitrogen and oxygen atoms in total. The molecule has 0 fully saturated rings. The molecule has 8 heteroatoms. The second-order valence-electron chi connectivity index (χ2n) is 2.69. The van der Waals surface area contributed by atoms with Crippen LogP contribution in [0.3, 0.4) is 0 Å². The molecule has 16 heavy (non-hydrogen) atoms. The Labute approximate surface area is 109 Å². The van der Waals surface area contributed by atoms with Crippen molar-refractivity contribution in [2.24, 2.45) is 0 Å². The van der Waals surface area contributed by atoms with E-state index in [1.165, 1.54) is 18.2 Å². The van der Waals surface area contributed by atoms with Crippen LogP contribution in [0.4, 0.5) is 11.4 Å². The predicted molar refractivity (Wildman–Crippen MR) is 64.9 cm³/mol. The zero-order valence-corrected chi connectivity index (χ0v) is 10.7. The number of benzene rings is 1. The van der Waals surface area contributed by atoms with Gasteiger partial charge in [0.25, 0.3) is 11.6 Å². The smallest absolute Gasteiger partial charge is 0.285 e. The number of rotatable bonds is 3. The Hall–Kier alpha value is -0.850. The van der Waals surface area contributed by atoms with Gasteiger partial charge in [0.15, 0.2) is 4.84 Å². The van der Waals surface area contributed by atoms with E-state index in [0.29, 0.717) is 0 Å². The SMILES string of the molecule is O=C(Nc1cccc([N+](=O)[O-])c1Br)C(Cl)Cl. The summed E-state index contributed by atoms with van der Waals surface area (Å²) in [5, 5.41) is 13.0. The second-order valence-corrected chi connectivity index (χ2v) is 4.58. The summed E-state index contributed by atoms with van der Waals surface area (Å²) in [5.41, 5.74) is 0.0870. The van der Waals surface area contributed by atoms with E-state index in [4.69, 9.17) is 23.2 Å². The van der Waals surface area contributed by atoms with Crippen molar-refractivity contribution in [3.63, 3.8) is 0 Å². The van der Waals surface area contributed by atoms with Crippen molar-refractivity contribution in [2.75, 3.05) is 5.32 Å². The molecule has 0 heterocycles. The maximum atomic E-state index is 11.2. The van der Waals surface area contributed by atoms with Crippen molar-refractivity contribution in [3.05, 3.63) is 32.8 Å². The summed E-state index contributed by atoms with van der Waals surface area (Å²) in [6.45, 7) is 0. The maximum absolute atomic E-state index is 11.2. The molecule has 1 amide bonds. The van der Waals surface area contributed by atoms with Crippen LogP contribution in [0.15, 0.2) is 22.7 Å². The number of nitro groups is 1. The van der Waals surface area contributed by atoms with Crippen LogP contribution >= 0.6 is 39.1 Å². The average molecular weight is 328 g/mol. The Balaban J connectivity index is 3.02. The number of hydrogen-bond acceptors (Lipinski definition) is 3. The van der Waals surface area contributed by atoms with Gasteiger partial charge in [-0.1, -0.05) is 29.3 Å². The van der Waals surface area contributed by atoms with E-state index in [2.05, 4.69) is 21.2 Å². The Bertz CT molecular complexity index is 439. The Morgan fingerprint density at radius 2 is 2.12 bits per heavy atom. The van der Waals surface area contributed by atoms with Crippen molar-refractivity contribution in [1.29, 1.82) is 0 Å². The normalized spacial score (nSPS) is 10.2. The summed E-state index contributed by atoms with van der Waals surface area (Å²) in [6.07, 6.45) is 0. The number of nitro benzene ring substituents is 1. The molecule has 1 aromatic rings. The number of hydrogen-bond donors (Lipinski definition) is 1. The summed E-state index contributed by atoms with van der Waals surface area (Å²) in [6, 6.07) is 4.24. The van der Waals surface area contributed by atoms with Gasteiger partial charge in [0.2, 0.25) is 0 Å². The molecule has 0 aliphatic heterocycles. The third-order valence-electron chi connectivity index (χ3n) is 1.63. The van der Waals surface area contributed by atoms with Crippen LogP contribution in [0.25, 0.3) is 0 Å². The molecule has 0 atom stereocenters. The van der Waals surface area contributed by atoms with Gasteiger partial charge in [-0.05, 0) is 22.0 Å². The van der Waals surface area contributed by atoms with Gasteiger partial charge in [-0.15, -0.1) is 0 Å². The molecule has 86 valence electrons. The zero-order valence-electron chi connectivity index (χ0n) is 7.62. The lowest BCUT2D eigenvalue weighted by atomic mass is 10.3. The molecule has 1 aromatic carbocycles. The lowest BCUT2D eigenvalue weighted by molar-refractivity contribution is -0.385. The largest absolute Gasteiger partial charge is 0.322 e. The van der Waals surface area contributed by atoms with Gasteiger partial charge in [0, 0.05) is 6.07 Å². The number of nitrogens with zero attached hydrogens (tertiary/aromatic N) is 1. The topological polar surface area (TPSA) is 72.2 Å². The number of carbonyl (C=O) groups excluding carboxylic acids is 1. The zero-order chi connectivity index (χ0) is 12.3. The molecular weight excluding hydrogens is 323 g/mol. The number of anilines is 1. The predicted octanol–water partition coefficient (Wildman–Crippen LogP) is 3.10. The van der Waals surface area contributed by atoms with Crippen molar-refractivity contribution in [2.45, 2.75) is 4.84 Å². The number of alkyl halides is 2. The summed E-state index contributed by atoms with van der Waals surface area (Å²) in [7, 11) is 0. The van der Waals surface area contributed by atoms with E-state index in [0.717, 1.165) is 0 Å². The highest BCUT2D eigenvalue weighted by Crippen LogP contribution is 2.32. The van der Waals surface area contributed by atoms with Gasteiger partial charge in [0.1, 0.15) is 4.47 Å². The standard InChI is InChI=1S/C8H5BrCl2N2O3/c9-6-4(12-8(14)7(10)11)2-1-3-5(6)13(15)16/h1-3,7H,(H,12,14). The Kier molecular flexibility index (Phi) is 4.52. The molecule has 0 aromatic heterocycles. The summed E-state index contributed by atoms with van der Waals surface area (Å²) in [5.74, 6) is -0.649. The molecule has 0 saturated heterocycles. The first-order chi connectivity index (χ1) is 7.43. The fraction of sp³-hybridized carbons (Fsp3) is 0.125. The van der Waals surface area contributed by atoms with Gasteiger partial charge in [-0.2, -0.15) is 0 Å². The maximum Gasteiger partial charge on any atom is 0.285 e. The quantitative estimate of drug-likeness (QED) is 0.526. The number of carbonyl (C=O) groups is 1. The van der Waals surface area contributed by atoms with Gasteiger partial charge < -0.3 is 5.32 Å². The fourth-order valence-electron chi connectivity index (χ4n) is 0.945. The van der Waals surface area contributed by atoms with Crippen LogP contribution in [0, 0.1) is 10.1 Å². The highest BCUT2D eigenvalue weighted by atomic mass is 79.9. The van der Waals surface area contributed by atoms with E-state index in [1.807, 2.05) is 0 Å². The minimum Gasteiger partial charge on any atom is -0.322 e. The molecule has 0 radical (unpaired) electrons. The van der Waals surface area contributed by atoms with Crippen LogP contribution in [-0.4, -0.2) is 15.7 Å². The highest BCUT2D eigenvalue weighted by molar-refractivity contribution is 9.10. The molecular formula is C8H5BrCl2N2O3. The minimum absolute atomic E-state index is 0.154. The van der Waals surface area contributed by atoms with Crippen molar-refractivity contribution in [1.82, 2.24) is 0 Å². The van der Waals surface area contributed by atoms with Crippen LogP contribution in [0.2, 0.25) is 0 Å². The van der Waals surface area contributed by atoms with Gasteiger partial charge in [0.05, 0.1) is 10.6 Å². The molecule has 0 unspecified atom stereocenters. The lowest BCUT2D eigenvalue weighted by Gasteiger charge is -2.07. The fourth-order valence-corrected chi connectivity index (χ4v) is 1.56. The van der Waals surface area contributed by atoms with E-state index in [-0.39, 0.29) is 15.8 Å². The highest BCUT2D eigenvalue weighted by Gasteiger charge is 2.18. The molecule has 0 aliphatic carbocycles. The van der Waals surface area contributed by atoms with Crippen LogP contribution in [0.5, 0.6) is 0 Å². The first-order valence-electron chi connectivity index (χ1n) is 3.95. The molecule has 1 N–H and O–H groups in total. The minimum atomic E-state index is -1.23. The monoisotopic (exact) mass is 326 g/mol. The molecule has 1 rings (SSSR count). The first kappa shape index (κ1) is 13.2. The number of halogens is 3. The Morgan fingerprint density at radius 1 is 1.50 bits per heavy atom. The van der Waals surface area contributed by atoms with E-state index < -0.39 is 15.7 Å². The van der Waals surface area contributed by atoms with E-state index in [1.54, 1.807) is 0 Å². The molecule has 0 bridgehead atoms. The van der Waals surface area contributed by atoms with Crippen molar-refractivity contribution >= 4 is 56.4 Å². The van der Waals surface area contributed by atoms with Crippen LogP contribution in [-0.2, 0) is 4.79 Å². The van der Waals surface area contributed by atoms with Gasteiger partial charge >= 0.3 is 0 Å². The van der Waals surface area contributed by atoms with E-state index >= 15 is 0 Å². The first-order valence-corrected chi connectivity index (χ1v) is 5.62. The van der Waals surface area contributed by atoms with Crippen LogP contribution < -0.4 is 5.32 Å². The van der Waals surface area contributed by atoms with E-state index in [9.17, 15) is 14.9 Å². The summed E-state index contributed by atoms with van der Waals surface area (Å²) < 4.78 is 0.169. The molecule has 0 aliphatic rings. The summed E-state index contributed by atoms with van der Waals surface area (Å²) >= 11 is 13.7. The third kappa shape index (κ3) is 3.07. The lowest BCUT2D eigenvalue weighted by Crippen LogP contribution is -2.18. The third-order valence-corrected chi connectivity index (χ3v) is 2.86. The molecule has 0 spiro atoms. The van der Waals surface area contributed by atoms with Gasteiger partial charge in [-0.3, -0.25) is 14.9 Å². The Morgan fingerprint density at radius 3 is 2.62 bits per heavy atom. The average Bonchev–Trinajstić information content (AvgIpc) is 2.20. The number of amides is 1. The van der Waals surface area contributed by atoms with Gasteiger partial charge in [-0.25, -0.2) is 0 Å². The second kappa shape index (κ2) is 5.47. The summed E-state index contributed by atoms with van der Waals surface area (Å²) in [4.78, 5) is 20.0. The van der Waals surface area contributed by atoms with Crippen molar-refractivity contribution < 1.29 is 9.72 Å². The number of nitrogens with one attached hydrogen (secondary N) is 1. The van der Waals surface area contributed by atoms with Crippen LogP contribution in [0.1, 0.15) is 0 Å².